The topological polar surface area (TPSA) is 74.8 Å². The minimum Gasteiger partial charge on any atom is -0.493 e. The molecule has 0 atom stereocenters. The van der Waals surface area contributed by atoms with Crippen molar-refractivity contribution >= 4 is 35.8 Å². The number of rotatable bonds is 9. The smallest absolute Gasteiger partial charge is 0.239 e. The highest BCUT2D eigenvalue weighted by Crippen LogP contribution is 2.30. The number of benzene rings is 1. The molecule has 0 radical (unpaired) electrons. The van der Waals surface area contributed by atoms with E-state index in [1.165, 1.54) is 12.8 Å². The molecular weight excluding hydrogens is 443 g/mol. The van der Waals surface area contributed by atoms with E-state index in [4.69, 9.17) is 4.74 Å². The Labute approximate surface area is 172 Å². The van der Waals surface area contributed by atoms with E-state index in [2.05, 4.69) is 20.9 Å². The summed E-state index contributed by atoms with van der Waals surface area (Å²) in [6.45, 7) is 4.30. The van der Waals surface area contributed by atoms with Crippen molar-refractivity contribution in [2.75, 3.05) is 19.7 Å². The zero-order chi connectivity index (χ0) is 17.5. The third-order valence-corrected chi connectivity index (χ3v) is 4.25. The van der Waals surface area contributed by atoms with Gasteiger partial charge in [0.25, 0.3) is 0 Å². The Kier molecular flexibility index (Phi) is 8.47. The minimum absolute atomic E-state index is 0. The van der Waals surface area contributed by atoms with Gasteiger partial charge in [-0.3, -0.25) is 4.79 Å². The Morgan fingerprint density at radius 2 is 1.96 bits per heavy atom. The second-order valence-electron chi connectivity index (χ2n) is 6.75. The van der Waals surface area contributed by atoms with Gasteiger partial charge in [0.2, 0.25) is 5.91 Å². The number of hydrogen-bond acceptors (Lipinski definition) is 3. The van der Waals surface area contributed by atoms with Crippen LogP contribution in [0, 0.1) is 5.92 Å². The van der Waals surface area contributed by atoms with Crippen LogP contribution in [0.2, 0.25) is 0 Å². The summed E-state index contributed by atoms with van der Waals surface area (Å²) in [5.41, 5.74) is 1.06. The number of hydrogen-bond donors (Lipinski definition) is 3. The minimum atomic E-state index is 0. The molecular formula is C19H29IN4O2. The van der Waals surface area contributed by atoms with Crippen LogP contribution in [-0.2, 0) is 11.3 Å². The van der Waals surface area contributed by atoms with Crippen LogP contribution >= 0.6 is 24.0 Å². The molecule has 0 spiro atoms. The lowest BCUT2D eigenvalue weighted by Crippen LogP contribution is -2.43. The molecule has 2 aliphatic carbocycles. The highest BCUT2D eigenvalue weighted by atomic mass is 127. The third kappa shape index (κ3) is 7.39. The van der Waals surface area contributed by atoms with Crippen molar-refractivity contribution in [3.8, 4) is 5.75 Å². The molecule has 0 bridgehead atoms. The second kappa shape index (κ2) is 10.6. The largest absolute Gasteiger partial charge is 0.493 e. The molecule has 0 unspecified atom stereocenters. The van der Waals surface area contributed by atoms with Crippen molar-refractivity contribution < 1.29 is 9.53 Å². The number of halogens is 1. The predicted octanol–water partition coefficient (Wildman–Crippen LogP) is 2.43. The first-order valence-corrected chi connectivity index (χ1v) is 9.27. The molecule has 7 heteroatoms. The second-order valence-corrected chi connectivity index (χ2v) is 6.75. The molecule has 3 rings (SSSR count). The van der Waals surface area contributed by atoms with Crippen LogP contribution in [0.1, 0.15) is 38.2 Å². The number of aliphatic imine (C=N–C) groups is 1. The van der Waals surface area contributed by atoms with Crippen molar-refractivity contribution in [3.63, 3.8) is 0 Å². The molecule has 0 aliphatic heterocycles. The van der Waals surface area contributed by atoms with Crippen molar-refractivity contribution in [2.24, 2.45) is 10.9 Å². The van der Waals surface area contributed by atoms with E-state index in [1.54, 1.807) is 0 Å². The Morgan fingerprint density at radius 3 is 2.65 bits per heavy atom. The number of ether oxygens (including phenoxy) is 1. The van der Waals surface area contributed by atoms with Crippen LogP contribution in [0.3, 0.4) is 0 Å². The van der Waals surface area contributed by atoms with E-state index in [9.17, 15) is 4.79 Å². The first-order chi connectivity index (χ1) is 12.2. The van der Waals surface area contributed by atoms with E-state index in [0.717, 1.165) is 43.2 Å². The fourth-order valence-electron chi connectivity index (χ4n) is 2.44. The number of para-hydroxylation sites is 1. The molecule has 3 N–H and O–H groups in total. The first-order valence-electron chi connectivity index (χ1n) is 9.27. The van der Waals surface area contributed by atoms with Crippen molar-refractivity contribution in [1.82, 2.24) is 16.0 Å². The number of amides is 1. The maximum atomic E-state index is 11.8. The van der Waals surface area contributed by atoms with Crippen molar-refractivity contribution in [1.29, 1.82) is 0 Å². The fourth-order valence-corrected chi connectivity index (χ4v) is 2.44. The van der Waals surface area contributed by atoms with E-state index >= 15 is 0 Å². The van der Waals surface area contributed by atoms with Crippen molar-refractivity contribution in [3.05, 3.63) is 29.8 Å². The lowest BCUT2D eigenvalue weighted by atomic mass is 10.2. The molecule has 0 heterocycles. The van der Waals surface area contributed by atoms with Crippen LogP contribution in [0.15, 0.2) is 29.3 Å². The van der Waals surface area contributed by atoms with Crippen LogP contribution < -0.4 is 20.7 Å². The molecule has 0 saturated heterocycles. The number of carbonyl (C=O) groups excluding carboxylic acids is 1. The summed E-state index contributed by atoms with van der Waals surface area (Å²) in [5.74, 6) is 2.28. The maximum Gasteiger partial charge on any atom is 0.239 e. The van der Waals surface area contributed by atoms with E-state index < -0.39 is 0 Å². The van der Waals surface area contributed by atoms with Crippen LogP contribution in [0.5, 0.6) is 5.75 Å². The van der Waals surface area contributed by atoms with Gasteiger partial charge < -0.3 is 20.7 Å². The monoisotopic (exact) mass is 472 g/mol. The predicted molar refractivity (Wildman–Crippen MR) is 114 cm³/mol. The number of nitrogens with one attached hydrogen (secondary N) is 3. The third-order valence-electron chi connectivity index (χ3n) is 4.25. The average molecular weight is 472 g/mol. The Morgan fingerprint density at radius 1 is 1.19 bits per heavy atom. The Bertz CT molecular complexity index is 615. The zero-order valence-corrected chi connectivity index (χ0v) is 17.6. The van der Waals surface area contributed by atoms with Gasteiger partial charge in [-0.1, -0.05) is 18.2 Å². The molecule has 6 nitrogen and oxygen atoms in total. The van der Waals surface area contributed by atoms with Crippen molar-refractivity contribution in [2.45, 2.75) is 45.2 Å². The molecule has 1 amide bonds. The number of nitrogens with zero attached hydrogens (tertiary/aromatic N) is 1. The van der Waals surface area contributed by atoms with Crippen LogP contribution in [0.25, 0.3) is 0 Å². The van der Waals surface area contributed by atoms with Crippen LogP contribution in [-0.4, -0.2) is 37.6 Å². The summed E-state index contributed by atoms with van der Waals surface area (Å²) < 4.78 is 5.93. The summed E-state index contributed by atoms with van der Waals surface area (Å²) in [7, 11) is 0. The lowest BCUT2D eigenvalue weighted by Gasteiger charge is -2.13. The van der Waals surface area contributed by atoms with Gasteiger partial charge in [0, 0.05) is 18.2 Å². The lowest BCUT2D eigenvalue weighted by molar-refractivity contribution is -0.120. The Balaban J connectivity index is 0.00000243. The van der Waals surface area contributed by atoms with E-state index in [1.807, 2.05) is 31.2 Å². The molecule has 26 heavy (non-hydrogen) atoms. The summed E-state index contributed by atoms with van der Waals surface area (Å²) in [6, 6.07) is 8.40. The number of guanidine groups is 1. The standard InChI is InChI=1S/C19H28N4O2.HI/c1-2-20-19(22-12-18(24)23-16-9-10-16)21-11-15-5-3-4-6-17(15)25-13-14-7-8-14;/h3-6,14,16H,2,7-13H2,1H3,(H,23,24)(H2,20,21,22);1H. The van der Waals surface area contributed by atoms with Gasteiger partial charge in [0.1, 0.15) is 5.75 Å². The normalized spacial score (nSPS) is 16.4. The molecule has 1 aromatic carbocycles. The van der Waals surface area contributed by atoms with Gasteiger partial charge in [-0.2, -0.15) is 0 Å². The van der Waals surface area contributed by atoms with Crippen LogP contribution in [0.4, 0.5) is 0 Å². The van der Waals surface area contributed by atoms with Gasteiger partial charge in [-0.25, -0.2) is 4.99 Å². The molecule has 144 valence electrons. The quantitative estimate of drug-likeness (QED) is 0.293. The molecule has 2 aliphatic rings. The van der Waals surface area contributed by atoms with E-state index in [-0.39, 0.29) is 36.4 Å². The fraction of sp³-hybridized carbons (Fsp3) is 0.579. The highest BCUT2D eigenvalue weighted by Gasteiger charge is 2.23. The molecule has 2 saturated carbocycles. The van der Waals surface area contributed by atoms with Gasteiger partial charge in [-0.15, -0.1) is 24.0 Å². The summed E-state index contributed by atoms with van der Waals surface area (Å²) in [5, 5.41) is 9.23. The van der Waals surface area contributed by atoms with E-state index in [0.29, 0.717) is 18.5 Å². The molecule has 1 aromatic rings. The Hall–Kier alpha value is -1.51. The van der Waals surface area contributed by atoms with Gasteiger partial charge in [-0.05, 0) is 44.6 Å². The summed E-state index contributed by atoms with van der Waals surface area (Å²) in [4.78, 5) is 16.4. The average Bonchev–Trinajstić information content (AvgIpc) is 3.51. The zero-order valence-electron chi connectivity index (χ0n) is 15.3. The number of carbonyl (C=O) groups is 1. The van der Waals surface area contributed by atoms with Gasteiger partial charge in [0.05, 0.1) is 19.7 Å². The SMILES string of the molecule is CCNC(=NCc1ccccc1OCC1CC1)NCC(=O)NC1CC1.I. The molecule has 0 aromatic heterocycles. The molecule has 2 fully saturated rings. The maximum absolute atomic E-state index is 11.8. The highest BCUT2D eigenvalue weighted by molar-refractivity contribution is 14.0. The van der Waals surface area contributed by atoms with Gasteiger partial charge >= 0.3 is 0 Å². The summed E-state index contributed by atoms with van der Waals surface area (Å²) in [6.07, 6.45) is 4.74. The summed E-state index contributed by atoms with van der Waals surface area (Å²) >= 11 is 0. The van der Waals surface area contributed by atoms with Gasteiger partial charge in [0.15, 0.2) is 5.96 Å². The first kappa shape index (κ1) is 20.8.